The average Bonchev–Trinajstić information content (AvgIpc) is 2.82. The molecule has 2 aromatic rings. The molecule has 33 heavy (non-hydrogen) atoms. The number of carbonyl (C=O) groups is 1. The van der Waals surface area contributed by atoms with Crippen molar-refractivity contribution < 1.29 is 22.7 Å². The summed E-state index contributed by atoms with van der Waals surface area (Å²) in [4.78, 5) is 14.9. The second kappa shape index (κ2) is 10.6. The van der Waals surface area contributed by atoms with Gasteiger partial charge >= 0.3 is 0 Å². The first kappa shape index (κ1) is 25.1. The van der Waals surface area contributed by atoms with E-state index in [0.717, 1.165) is 24.0 Å². The molecule has 8 heteroatoms. The first-order valence-electron chi connectivity index (χ1n) is 11.3. The highest BCUT2D eigenvalue weighted by atomic mass is 32.2. The normalized spacial score (nSPS) is 15.0. The van der Waals surface area contributed by atoms with Gasteiger partial charge in [-0.05, 0) is 67.0 Å². The van der Waals surface area contributed by atoms with Crippen molar-refractivity contribution in [2.24, 2.45) is 5.92 Å². The Morgan fingerprint density at radius 2 is 1.73 bits per heavy atom. The molecule has 0 aromatic heterocycles. The van der Waals surface area contributed by atoms with Crippen LogP contribution in [0.1, 0.15) is 54.1 Å². The SMILES string of the molecule is COc1ccccc1C(=O)N1CCC(CNS(=O)(=O)c2cc(C(C)C)c(C)cc2OC)CC1. The molecular weight excluding hydrogens is 440 g/mol. The van der Waals surface area contributed by atoms with Crippen molar-refractivity contribution in [3.63, 3.8) is 0 Å². The average molecular weight is 475 g/mol. The molecule has 1 saturated heterocycles. The number of sulfonamides is 1. The summed E-state index contributed by atoms with van der Waals surface area (Å²) in [7, 11) is -0.692. The van der Waals surface area contributed by atoms with Gasteiger partial charge in [-0.25, -0.2) is 13.1 Å². The lowest BCUT2D eigenvalue weighted by molar-refractivity contribution is 0.0688. The molecule has 0 aliphatic carbocycles. The Kier molecular flexibility index (Phi) is 8.02. The number of benzene rings is 2. The number of methoxy groups -OCH3 is 2. The molecule has 1 aliphatic rings. The summed E-state index contributed by atoms with van der Waals surface area (Å²) < 4.78 is 39.6. The molecule has 0 spiro atoms. The molecule has 3 rings (SSSR count). The molecule has 1 fully saturated rings. The van der Waals surface area contributed by atoms with E-state index in [1.165, 1.54) is 7.11 Å². The monoisotopic (exact) mass is 474 g/mol. The number of ether oxygens (including phenoxy) is 2. The molecule has 0 bridgehead atoms. The molecule has 180 valence electrons. The number of amides is 1. The Balaban J connectivity index is 1.64. The van der Waals surface area contributed by atoms with Crippen molar-refractivity contribution in [3.8, 4) is 11.5 Å². The van der Waals surface area contributed by atoms with Crippen LogP contribution in [0.25, 0.3) is 0 Å². The topological polar surface area (TPSA) is 84.9 Å². The number of para-hydroxylation sites is 1. The van der Waals surface area contributed by atoms with Crippen LogP contribution in [-0.2, 0) is 10.0 Å². The van der Waals surface area contributed by atoms with Crippen molar-refractivity contribution in [2.45, 2.75) is 44.4 Å². The Morgan fingerprint density at radius 3 is 2.33 bits per heavy atom. The lowest BCUT2D eigenvalue weighted by Crippen LogP contribution is -2.41. The third kappa shape index (κ3) is 5.68. The van der Waals surface area contributed by atoms with Crippen molar-refractivity contribution in [2.75, 3.05) is 33.9 Å². The number of nitrogens with one attached hydrogen (secondary N) is 1. The summed E-state index contributed by atoms with van der Waals surface area (Å²) in [5.74, 6) is 1.21. The number of piperidine rings is 1. The van der Waals surface area contributed by atoms with Gasteiger partial charge in [-0.1, -0.05) is 26.0 Å². The van der Waals surface area contributed by atoms with Crippen LogP contribution in [0.2, 0.25) is 0 Å². The van der Waals surface area contributed by atoms with Gasteiger partial charge in [0.2, 0.25) is 10.0 Å². The molecule has 1 N–H and O–H groups in total. The number of rotatable bonds is 8. The van der Waals surface area contributed by atoms with E-state index in [0.29, 0.717) is 36.7 Å². The Hall–Kier alpha value is -2.58. The van der Waals surface area contributed by atoms with Crippen LogP contribution in [0, 0.1) is 12.8 Å². The largest absolute Gasteiger partial charge is 0.496 e. The summed E-state index contributed by atoms with van der Waals surface area (Å²) in [6, 6.07) is 10.7. The zero-order valence-corrected chi connectivity index (χ0v) is 20.9. The molecule has 2 aromatic carbocycles. The van der Waals surface area contributed by atoms with E-state index >= 15 is 0 Å². The van der Waals surface area contributed by atoms with Gasteiger partial charge in [-0.2, -0.15) is 0 Å². The summed E-state index contributed by atoms with van der Waals surface area (Å²) in [5, 5.41) is 0. The van der Waals surface area contributed by atoms with Gasteiger partial charge in [-0.3, -0.25) is 4.79 Å². The molecular formula is C25H34N2O5S. The minimum atomic E-state index is -3.73. The highest BCUT2D eigenvalue weighted by Gasteiger charge is 2.28. The standard InChI is InChI=1S/C25H34N2O5S/c1-17(2)21-15-24(23(32-5)14-18(21)3)33(29,30)26-16-19-10-12-27(13-11-19)25(28)20-8-6-7-9-22(20)31-4/h6-9,14-15,17,19,26H,10-13,16H2,1-5H3. The van der Waals surface area contributed by atoms with E-state index in [1.807, 2.05) is 32.9 Å². The van der Waals surface area contributed by atoms with Crippen molar-refractivity contribution in [3.05, 3.63) is 53.1 Å². The van der Waals surface area contributed by atoms with E-state index in [2.05, 4.69) is 4.72 Å². The minimum absolute atomic E-state index is 0.0583. The lowest BCUT2D eigenvalue weighted by Gasteiger charge is -2.32. The maximum absolute atomic E-state index is 13.1. The fourth-order valence-corrected chi connectivity index (χ4v) is 5.61. The van der Waals surface area contributed by atoms with Gasteiger partial charge in [0.15, 0.2) is 0 Å². The molecule has 0 atom stereocenters. The van der Waals surface area contributed by atoms with Crippen molar-refractivity contribution >= 4 is 15.9 Å². The van der Waals surface area contributed by atoms with Crippen LogP contribution < -0.4 is 14.2 Å². The highest BCUT2D eigenvalue weighted by Crippen LogP contribution is 2.31. The third-order valence-corrected chi connectivity index (χ3v) is 7.71. The van der Waals surface area contributed by atoms with Gasteiger partial charge in [0.25, 0.3) is 5.91 Å². The van der Waals surface area contributed by atoms with Crippen molar-refractivity contribution in [1.82, 2.24) is 9.62 Å². The molecule has 1 aliphatic heterocycles. The predicted octanol–water partition coefficient (Wildman–Crippen LogP) is 3.97. The van der Waals surface area contributed by atoms with E-state index in [9.17, 15) is 13.2 Å². The first-order valence-corrected chi connectivity index (χ1v) is 12.8. The number of aryl methyl sites for hydroxylation is 1. The van der Waals surface area contributed by atoms with Crippen molar-refractivity contribution in [1.29, 1.82) is 0 Å². The van der Waals surface area contributed by atoms with Crippen LogP contribution in [0.15, 0.2) is 41.3 Å². The summed E-state index contributed by atoms with van der Waals surface area (Å²) in [6.07, 6.45) is 1.46. The molecule has 7 nitrogen and oxygen atoms in total. The fraction of sp³-hybridized carbons (Fsp3) is 0.480. The number of carbonyl (C=O) groups excluding carboxylic acids is 1. The zero-order chi connectivity index (χ0) is 24.2. The summed E-state index contributed by atoms with van der Waals surface area (Å²) >= 11 is 0. The first-order chi connectivity index (χ1) is 15.7. The number of hydrogen-bond acceptors (Lipinski definition) is 5. The van der Waals surface area contributed by atoms with Gasteiger partial charge < -0.3 is 14.4 Å². The molecule has 0 radical (unpaired) electrons. The van der Waals surface area contributed by atoms with Gasteiger partial charge in [0, 0.05) is 19.6 Å². The van der Waals surface area contributed by atoms with E-state index in [-0.39, 0.29) is 22.6 Å². The predicted molar refractivity (Wildman–Crippen MR) is 129 cm³/mol. The maximum Gasteiger partial charge on any atom is 0.257 e. The Bertz CT molecular complexity index is 1090. The Morgan fingerprint density at radius 1 is 1.09 bits per heavy atom. The number of likely N-dealkylation sites (tertiary alicyclic amines) is 1. The third-order valence-electron chi connectivity index (χ3n) is 6.26. The van der Waals surface area contributed by atoms with E-state index < -0.39 is 10.0 Å². The van der Waals surface area contributed by atoms with Crippen LogP contribution in [-0.4, -0.2) is 53.1 Å². The van der Waals surface area contributed by atoms with E-state index in [1.54, 1.807) is 36.3 Å². The van der Waals surface area contributed by atoms with Crippen LogP contribution in [0.4, 0.5) is 0 Å². The maximum atomic E-state index is 13.1. The number of nitrogens with zero attached hydrogens (tertiary/aromatic N) is 1. The van der Waals surface area contributed by atoms with Crippen LogP contribution in [0.5, 0.6) is 11.5 Å². The lowest BCUT2D eigenvalue weighted by atomic mass is 9.96. The molecule has 1 amide bonds. The van der Waals surface area contributed by atoms with Gasteiger partial charge in [0.1, 0.15) is 16.4 Å². The van der Waals surface area contributed by atoms with Gasteiger partial charge in [0.05, 0.1) is 19.8 Å². The Labute approximate surface area is 197 Å². The van der Waals surface area contributed by atoms with Gasteiger partial charge in [-0.15, -0.1) is 0 Å². The summed E-state index contributed by atoms with van der Waals surface area (Å²) in [5.41, 5.74) is 2.54. The summed E-state index contributed by atoms with van der Waals surface area (Å²) in [6.45, 7) is 7.52. The zero-order valence-electron chi connectivity index (χ0n) is 20.1. The van der Waals surface area contributed by atoms with Crippen LogP contribution >= 0.6 is 0 Å². The number of hydrogen-bond donors (Lipinski definition) is 1. The second-order valence-electron chi connectivity index (χ2n) is 8.80. The quantitative estimate of drug-likeness (QED) is 0.626. The van der Waals surface area contributed by atoms with E-state index in [4.69, 9.17) is 9.47 Å². The minimum Gasteiger partial charge on any atom is -0.496 e. The smallest absolute Gasteiger partial charge is 0.257 e. The second-order valence-corrected chi connectivity index (χ2v) is 10.5. The fourth-order valence-electron chi connectivity index (χ4n) is 4.31. The highest BCUT2D eigenvalue weighted by molar-refractivity contribution is 7.89. The molecule has 1 heterocycles. The molecule has 0 saturated carbocycles. The van der Waals surface area contributed by atoms with Crippen LogP contribution in [0.3, 0.4) is 0 Å². The molecule has 0 unspecified atom stereocenters.